The molecule has 11 rings (SSSR count). The molecule has 0 saturated carbocycles. The Bertz CT molecular complexity index is 3320. The van der Waals surface area contributed by atoms with E-state index in [4.69, 9.17) is 19.2 Å². The molecule has 12 nitrogen and oxygen atoms in total. The van der Waals surface area contributed by atoms with Crippen molar-refractivity contribution >= 4 is 106 Å². The molecule has 0 aromatic heterocycles. The Hall–Kier alpha value is -5.51. The normalized spacial score (nSPS) is 12.1. The van der Waals surface area contributed by atoms with Gasteiger partial charge in [0.05, 0.1) is 0 Å². The molecular weight excluding hydrogens is 1730 g/mol. The molecular formula is C84H114Cl4N8O4Ru4-12. The predicted octanol–water partition coefficient (Wildman–Crippen LogP) is 21.2. The van der Waals surface area contributed by atoms with Crippen LogP contribution in [0.2, 0.25) is 0 Å². The standard InChI is InChI=1S/C21H27N2.2C21H25N2.C13H17N2.4CHO.4CH3.4ClH.4Ru.4H/c3*1-14-9-16(3)20(17(4)10-14)22-7-8-23(13-22)21-18(5)11-15(2)12-19(21)6;1-10-7-11(2)13(12(3)8-10)15-6-5-14(4)9-15;4*1-2;;;;;;;;;;;;;;;;/h9-13H,7-8H2,1-6H3;2*7-13H,1-6H3;5-9H,1-4H3;4*1H;4*1H3;4*1H;;;;;;;;/q12*-1;;;;;4*+1;;;;/p-4. The minimum absolute atomic E-state index is 0. The predicted molar refractivity (Wildman–Crippen MR) is 446 cm³/mol. The van der Waals surface area contributed by atoms with Crippen molar-refractivity contribution in [3.05, 3.63) is 295 Å². The van der Waals surface area contributed by atoms with Crippen molar-refractivity contribution in [2.75, 3.05) is 54.4 Å². The molecule has 0 amide bonds. The molecule has 0 N–H and O–H groups in total. The average molecular weight is 1850 g/mol. The summed E-state index contributed by atoms with van der Waals surface area (Å²) in [6, 6.07) is 31.5. The molecule has 0 aliphatic carbocycles. The first-order valence-corrected chi connectivity index (χ1v) is 40.9. The van der Waals surface area contributed by atoms with Crippen LogP contribution in [0.15, 0.2) is 122 Å². The van der Waals surface area contributed by atoms with E-state index >= 15 is 0 Å². The molecule has 20 heteroatoms. The molecule has 586 valence electrons. The zero-order chi connectivity index (χ0) is 77.2. The summed E-state index contributed by atoms with van der Waals surface area (Å²) < 4.78 is 0. The Kier molecular flexibility index (Phi) is 56.6. The Morgan fingerprint density at radius 2 is 0.375 bits per heavy atom. The second-order valence-corrected chi connectivity index (χ2v) is 24.7. The van der Waals surface area contributed by atoms with E-state index in [1.165, 1.54) is 157 Å². The van der Waals surface area contributed by atoms with Crippen LogP contribution in [0.25, 0.3) is 0 Å². The molecule has 0 atom stereocenters. The van der Waals surface area contributed by atoms with Gasteiger partial charge in [-0.05, 0) is 268 Å². The molecule has 1 fully saturated rings. The summed E-state index contributed by atoms with van der Waals surface area (Å²) in [5, 5.41) is 0. The Morgan fingerprint density at radius 1 is 0.240 bits per heavy atom. The van der Waals surface area contributed by atoms with E-state index in [1.54, 1.807) is 69.2 Å². The first-order chi connectivity index (χ1) is 47.7. The van der Waals surface area contributed by atoms with E-state index in [1.807, 2.05) is 7.05 Å². The third kappa shape index (κ3) is 30.3. The SMILES string of the molecule is Cc1cc(C)c(N2C=CN(C)[CH-]2)c(C)c1.Cc1cc(C)c(N2C=CN(c3c(C)cc(C)cc3C)[CH-]2)c(C)c1.Cc1cc(C)c(N2C=CN(c3c(C)cc(C)cc3C)[CH-]2)c(C)c1.Cc1cc(C)c(N2[CH-]N(c3c(C)cc(C)cc3C)CC2)c(C)c1.[CH-]=O.[CH-]=O.[CH-]=O.[CH-]=O.[CH3-].[CH3-].[CH3-].[CH3-].[Cl][RuH].[Cl][RuH].[Cl][RuH].[Cl][RuH]. The first-order valence-electron chi connectivity index (χ1n) is 31.4. The number of benzene rings is 7. The Morgan fingerprint density at radius 3 is 0.519 bits per heavy atom. The van der Waals surface area contributed by atoms with Crippen molar-refractivity contribution in [3.8, 4) is 0 Å². The Balaban J connectivity index is -0.000000391. The maximum absolute atomic E-state index is 7.75. The second-order valence-electron chi connectivity index (χ2n) is 24.7. The third-order valence-electron chi connectivity index (χ3n) is 16.2. The molecule has 0 unspecified atom stereocenters. The van der Waals surface area contributed by atoms with Crippen molar-refractivity contribution in [2.24, 2.45) is 0 Å². The van der Waals surface area contributed by atoms with E-state index in [9.17, 15) is 0 Å². The van der Waals surface area contributed by atoms with Gasteiger partial charge >= 0.3 is 108 Å². The van der Waals surface area contributed by atoms with Gasteiger partial charge in [0, 0.05) is 52.9 Å². The van der Waals surface area contributed by atoms with Crippen molar-refractivity contribution in [2.45, 2.75) is 145 Å². The first kappa shape index (κ1) is 107. The van der Waals surface area contributed by atoms with E-state index in [0.717, 1.165) is 13.1 Å². The fraction of sp³-hybridized carbons (Fsp3) is 0.286. The summed E-state index contributed by atoms with van der Waals surface area (Å²) in [5.41, 5.74) is 36.9. The molecule has 0 bridgehead atoms. The number of nitrogens with zero attached hydrogens (tertiary/aromatic N) is 8. The molecule has 4 aliphatic heterocycles. The van der Waals surface area contributed by atoms with Crippen LogP contribution in [0.1, 0.15) is 117 Å². The van der Waals surface area contributed by atoms with Gasteiger partial charge in [0.25, 0.3) is 0 Å². The van der Waals surface area contributed by atoms with Crippen LogP contribution in [0, 0.1) is 202 Å². The van der Waals surface area contributed by atoms with Gasteiger partial charge in [0.15, 0.2) is 0 Å². The fourth-order valence-corrected chi connectivity index (χ4v) is 13.8. The molecule has 0 radical (unpaired) electrons. The summed E-state index contributed by atoms with van der Waals surface area (Å²) in [4.78, 5) is 48.9. The van der Waals surface area contributed by atoms with Crippen LogP contribution in [0.5, 0.6) is 0 Å². The third-order valence-corrected chi connectivity index (χ3v) is 16.2. The summed E-state index contributed by atoms with van der Waals surface area (Å²) in [6.45, 7) is 69.5. The summed E-state index contributed by atoms with van der Waals surface area (Å²) in [6.07, 6.45) is 12.7. The Labute approximate surface area is 687 Å². The summed E-state index contributed by atoms with van der Waals surface area (Å²) in [5.74, 6) is 0. The van der Waals surface area contributed by atoms with Gasteiger partial charge in [-0.15, -0.1) is 13.3 Å². The van der Waals surface area contributed by atoms with Crippen LogP contribution >= 0.6 is 38.8 Å². The van der Waals surface area contributed by atoms with Gasteiger partial charge in [-0.2, -0.15) is 13.3 Å². The van der Waals surface area contributed by atoms with Crippen LogP contribution in [0.4, 0.5) is 39.8 Å². The monoisotopic (exact) mass is 1850 g/mol. The zero-order valence-corrected chi connectivity index (χ0v) is 76.3. The van der Waals surface area contributed by atoms with Gasteiger partial charge in [-0.25, -0.2) is 0 Å². The topological polar surface area (TPSA) is 94.2 Å². The summed E-state index contributed by atoms with van der Waals surface area (Å²) in [7, 11) is 20.5. The van der Waals surface area contributed by atoms with Gasteiger partial charge in [-0.1, -0.05) is 124 Å². The number of hydrogen-bond acceptors (Lipinski definition) is 12. The minimum atomic E-state index is 0. The van der Waals surface area contributed by atoms with Gasteiger partial charge in [0.1, 0.15) is 0 Å². The van der Waals surface area contributed by atoms with Crippen LogP contribution in [-0.4, -0.2) is 52.2 Å². The number of carbonyl (C=O) groups excluding carboxylic acids is 4. The molecule has 0 spiro atoms. The number of aryl methyl sites for hydroxylation is 21. The van der Waals surface area contributed by atoms with E-state index in [2.05, 4.69) is 399 Å². The summed E-state index contributed by atoms with van der Waals surface area (Å²) >= 11 is 6.49. The van der Waals surface area contributed by atoms with Crippen molar-refractivity contribution in [1.29, 1.82) is 0 Å². The van der Waals surface area contributed by atoms with E-state index in [-0.39, 0.29) is 29.7 Å². The van der Waals surface area contributed by atoms with Crippen molar-refractivity contribution in [3.63, 3.8) is 0 Å². The van der Waals surface area contributed by atoms with Crippen molar-refractivity contribution < 1.29 is 88.4 Å². The zero-order valence-electron chi connectivity index (χ0n) is 65.8. The van der Waals surface area contributed by atoms with Crippen molar-refractivity contribution in [1.82, 2.24) is 4.90 Å². The molecule has 7 aromatic rings. The average Bonchev–Trinajstić information content (AvgIpc) is 1.65. The van der Waals surface area contributed by atoms with Crippen LogP contribution in [-0.2, 0) is 88.4 Å². The van der Waals surface area contributed by atoms with Gasteiger partial charge in [-0.3, -0.25) is 27.2 Å². The quantitative estimate of drug-likeness (QED) is 0.0864. The molecule has 7 aromatic carbocycles. The van der Waals surface area contributed by atoms with Gasteiger partial charge in [0.2, 0.25) is 0 Å². The maximum atomic E-state index is 7.75. The van der Waals surface area contributed by atoms with Gasteiger partial charge < -0.3 is 88.1 Å². The number of hydrogen-bond donors (Lipinski definition) is 0. The molecule has 1 saturated heterocycles. The number of rotatable bonds is 7. The van der Waals surface area contributed by atoms with E-state index in [0.29, 0.717) is 0 Å². The molecule has 4 aliphatic rings. The number of halogens is 4. The fourth-order valence-electron chi connectivity index (χ4n) is 13.8. The molecule has 4 heterocycles. The van der Waals surface area contributed by atoms with E-state index < -0.39 is 0 Å². The van der Waals surface area contributed by atoms with Crippen LogP contribution in [0.3, 0.4) is 0 Å². The molecule has 104 heavy (non-hydrogen) atoms. The second kappa shape index (κ2) is 55.0. The van der Waals surface area contributed by atoms with Crippen LogP contribution < -0.4 is 34.3 Å². The number of anilines is 7.